The molecule has 0 aromatic heterocycles. The predicted octanol–water partition coefficient (Wildman–Crippen LogP) is 3.24. The highest BCUT2D eigenvalue weighted by molar-refractivity contribution is 5.47. The van der Waals surface area contributed by atoms with E-state index >= 15 is 0 Å². The Morgan fingerprint density at radius 1 is 1.15 bits per heavy atom. The van der Waals surface area contributed by atoms with E-state index in [0.29, 0.717) is 13.2 Å². The minimum absolute atomic E-state index is 0.206. The van der Waals surface area contributed by atoms with E-state index < -0.39 is 23.5 Å². The molecule has 4 rings (SSSR count). The van der Waals surface area contributed by atoms with E-state index in [2.05, 4.69) is 6.58 Å². The van der Waals surface area contributed by atoms with Crippen molar-refractivity contribution in [3.8, 4) is 0 Å². The average Bonchev–Trinajstić information content (AvgIpc) is 3.09. The van der Waals surface area contributed by atoms with Gasteiger partial charge < -0.3 is 28.4 Å². The fourth-order valence-corrected chi connectivity index (χ4v) is 3.98. The van der Waals surface area contributed by atoms with Crippen LogP contribution in [0.3, 0.4) is 0 Å². The molecule has 0 aliphatic carbocycles. The van der Waals surface area contributed by atoms with Gasteiger partial charge >= 0.3 is 0 Å². The Balaban J connectivity index is 1.58. The normalized spacial score (nSPS) is 36.7. The van der Waals surface area contributed by atoms with Gasteiger partial charge in [-0.05, 0) is 44.9 Å². The van der Waals surface area contributed by atoms with Crippen LogP contribution < -0.4 is 0 Å². The van der Waals surface area contributed by atoms with Gasteiger partial charge in [-0.15, -0.1) is 0 Å². The van der Waals surface area contributed by atoms with Crippen molar-refractivity contribution in [2.45, 2.75) is 70.0 Å². The Morgan fingerprint density at radius 3 is 2.67 bits per heavy atom. The summed E-state index contributed by atoms with van der Waals surface area (Å²) in [6.45, 7) is 12.4. The Morgan fingerprint density at radius 2 is 1.96 bits per heavy atom. The lowest BCUT2D eigenvalue weighted by atomic mass is 9.97. The summed E-state index contributed by atoms with van der Waals surface area (Å²) in [5.41, 5.74) is 2.09. The summed E-state index contributed by atoms with van der Waals surface area (Å²) in [6, 6.07) is 8.06. The third kappa shape index (κ3) is 3.70. The summed E-state index contributed by atoms with van der Waals surface area (Å²) < 4.78 is 36.6. The van der Waals surface area contributed by atoms with Crippen LogP contribution in [0.5, 0.6) is 0 Å². The highest BCUT2D eigenvalue weighted by Gasteiger charge is 2.63. The smallest absolute Gasteiger partial charge is 0.224 e. The Bertz CT molecular complexity index is 712. The topological polar surface area (TPSA) is 55.4 Å². The summed E-state index contributed by atoms with van der Waals surface area (Å²) in [7, 11) is 0. The molecule has 0 N–H and O–H groups in total. The monoisotopic (exact) mass is 376 g/mol. The fraction of sp³-hybridized carbons (Fsp3) is 0.619. The second-order valence-electron chi connectivity index (χ2n) is 8.23. The van der Waals surface area contributed by atoms with Crippen molar-refractivity contribution in [1.82, 2.24) is 0 Å². The highest BCUT2D eigenvalue weighted by Crippen LogP contribution is 2.45. The molecule has 27 heavy (non-hydrogen) atoms. The molecule has 6 nitrogen and oxygen atoms in total. The van der Waals surface area contributed by atoms with Gasteiger partial charge in [0.15, 0.2) is 11.6 Å². The molecule has 6 heteroatoms. The van der Waals surface area contributed by atoms with Crippen LogP contribution in [0.4, 0.5) is 0 Å². The first-order chi connectivity index (χ1) is 12.7. The van der Waals surface area contributed by atoms with Gasteiger partial charge in [0.1, 0.15) is 24.9 Å². The van der Waals surface area contributed by atoms with E-state index in [9.17, 15) is 0 Å². The minimum Gasteiger partial charge on any atom is -0.365 e. The van der Waals surface area contributed by atoms with Crippen LogP contribution in [-0.4, -0.2) is 48.9 Å². The second-order valence-corrected chi connectivity index (χ2v) is 8.23. The molecule has 0 amide bonds. The third-order valence-electron chi connectivity index (χ3n) is 5.10. The number of rotatable bonds is 4. The molecule has 0 unspecified atom stereocenters. The van der Waals surface area contributed by atoms with Gasteiger partial charge in [0.05, 0.1) is 13.2 Å². The van der Waals surface area contributed by atoms with Crippen LogP contribution in [-0.2, 0) is 35.0 Å². The van der Waals surface area contributed by atoms with Gasteiger partial charge in [0, 0.05) is 0 Å². The maximum absolute atomic E-state index is 6.34. The standard InChI is InChI=1S/C21H28O6/c1-6-14-8-7-9-15(10-14)11-22-18-17-16(25-20(4,5)26-17)12-23-21(18)13-24-19(2,3)27-21/h6-10,16-18H,1,11-13H2,2-5H3/t16-,17-,18+,21+/m1/s1. The van der Waals surface area contributed by atoms with E-state index in [-0.39, 0.29) is 18.8 Å². The molecule has 3 fully saturated rings. The van der Waals surface area contributed by atoms with Crippen molar-refractivity contribution in [2.75, 3.05) is 13.2 Å². The number of hydrogen-bond acceptors (Lipinski definition) is 6. The zero-order valence-corrected chi connectivity index (χ0v) is 16.4. The largest absolute Gasteiger partial charge is 0.365 e. The van der Waals surface area contributed by atoms with E-state index in [0.717, 1.165) is 11.1 Å². The summed E-state index contributed by atoms with van der Waals surface area (Å²) in [4.78, 5) is 0. The first kappa shape index (κ1) is 19.1. The SMILES string of the molecule is C=Cc1cccc(CO[C@H]2[C@@H]3OC(C)(C)O[C@@H]3CO[C@]23COC(C)(C)O3)c1. The lowest BCUT2D eigenvalue weighted by Crippen LogP contribution is -2.62. The summed E-state index contributed by atoms with van der Waals surface area (Å²) in [6.07, 6.45) is 0.834. The van der Waals surface area contributed by atoms with Gasteiger partial charge in [-0.2, -0.15) is 0 Å². The fourth-order valence-electron chi connectivity index (χ4n) is 3.98. The van der Waals surface area contributed by atoms with Gasteiger partial charge in [0.25, 0.3) is 0 Å². The van der Waals surface area contributed by atoms with Crippen molar-refractivity contribution in [3.05, 3.63) is 42.0 Å². The molecule has 3 heterocycles. The Labute approximate surface area is 160 Å². The first-order valence-corrected chi connectivity index (χ1v) is 9.39. The molecular weight excluding hydrogens is 348 g/mol. The molecular formula is C21H28O6. The Kier molecular flexibility index (Phi) is 4.70. The van der Waals surface area contributed by atoms with Crippen LogP contribution in [0.25, 0.3) is 6.08 Å². The van der Waals surface area contributed by atoms with E-state index in [1.54, 1.807) is 0 Å². The lowest BCUT2D eigenvalue weighted by Gasteiger charge is -2.43. The number of ether oxygens (including phenoxy) is 6. The van der Waals surface area contributed by atoms with Crippen LogP contribution in [0.15, 0.2) is 30.8 Å². The minimum atomic E-state index is -1.01. The molecule has 148 valence electrons. The maximum atomic E-state index is 6.34. The van der Waals surface area contributed by atoms with Crippen LogP contribution in [0.2, 0.25) is 0 Å². The van der Waals surface area contributed by atoms with Crippen LogP contribution in [0, 0.1) is 0 Å². The van der Waals surface area contributed by atoms with Crippen molar-refractivity contribution in [3.63, 3.8) is 0 Å². The molecule has 3 saturated heterocycles. The van der Waals surface area contributed by atoms with Gasteiger partial charge in [0.2, 0.25) is 5.79 Å². The molecule has 1 aromatic rings. The quantitative estimate of drug-likeness (QED) is 0.804. The van der Waals surface area contributed by atoms with Crippen molar-refractivity contribution >= 4 is 6.08 Å². The number of benzene rings is 1. The highest BCUT2D eigenvalue weighted by atomic mass is 16.9. The second kappa shape index (κ2) is 6.65. The van der Waals surface area contributed by atoms with Gasteiger partial charge in [-0.1, -0.05) is 30.9 Å². The van der Waals surface area contributed by atoms with Crippen LogP contribution >= 0.6 is 0 Å². The van der Waals surface area contributed by atoms with E-state index in [4.69, 9.17) is 28.4 Å². The van der Waals surface area contributed by atoms with E-state index in [1.807, 2.05) is 58.0 Å². The third-order valence-corrected chi connectivity index (χ3v) is 5.10. The van der Waals surface area contributed by atoms with Gasteiger partial charge in [-0.25, -0.2) is 0 Å². The lowest BCUT2D eigenvalue weighted by molar-refractivity contribution is -0.336. The summed E-state index contributed by atoms with van der Waals surface area (Å²) in [5, 5.41) is 0. The molecule has 3 aliphatic heterocycles. The molecule has 0 bridgehead atoms. The number of fused-ring (bicyclic) bond motifs is 1. The van der Waals surface area contributed by atoms with Crippen molar-refractivity contribution in [2.24, 2.45) is 0 Å². The summed E-state index contributed by atoms with van der Waals surface area (Å²) >= 11 is 0. The molecule has 4 atom stereocenters. The predicted molar refractivity (Wildman–Crippen MR) is 98.7 cm³/mol. The van der Waals surface area contributed by atoms with E-state index in [1.165, 1.54) is 0 Å². The number of hydrogen-bond donors (Lipinski definition) is 0. The molecule has 0 saturated carbocycles. The van der Waals surface area contributed by atoms with Crippen molar-refractivity contribution < 1.29 is 28.4 Å². The molecule has 3 aliphatic rings. The molecule has 1 spiro atoms. The first-order valence-electron chi connectivity index (χ1n) is 9.39. The molecule has 0 radical (unpaired) electrons. The van der Waals surface area contributed by atoms with Crippen LogP contribution in [0.1, 0.15) is 38.8 Å². The van der Waals surface area contributed by atoms with Crippen molar-refractivity contribution in [1.29, 1.82) is 0 Å². The maximum Gasteiger partial charge on any atom is 0.224 e. The Hall–Kier alpha value is -1.28. The summed E-state index contributed by atoms with van der Waals surface area (Å²) in [5.74, 6) is -2.44. The van der Waals surface area contributed by atoms with Gasteiger partial charge in [-0.3, -0.25) is 0 Å². The average molecular weight is 376 g/mol. The molecule has 1 aromatic carbocycles. The zero-order valence-electron chi connectivity index (χ0n) is 16.4. The zero-order chi connectivity index (χ0) is 19.3.